The zero-order chi connectivity index (χ0) is 19.6. The number of phenolic OH excluding ortho intramolecular Hbond substituents is 2. The van der Waals surface area contributed by atoms with Gasteiger partial charge in [-0.15, -0.1) is 0 Å². The highest BCUT2D eigenvalue weighted by Gasteiger charge is 2.36. The van der Waals surface area contributed by atoms with Crippen molar-refractivity contribution in [2.45, 2.75) is 33.1 Å². The van der Waals surface area contributed by atoms with Crippen LogP contribution in [0.25, 0.3) is 0 Å². The van der Waals surface area contributed by atoms with E-state index in [4.69, 9.17) is 4.84 Å². The van der Waals surface area contributed by atoms with Gasteiger partial charge in [0.1, 0.15) is 11.4 Å². The second kappa shape index (κ2) is 7.80. The van der Waals surface area contributed by atoms with Crippen molar-refractivity contribution in [1.82, 2.24) is 0 Å². The Bertz CT molecular complexity index is 890. The van der Waals surface area contributed by atoms with E-state index in [-0.39, 0.29) is 39.4 Å². The quantitative estimate of drug-likeness (QED) is 0.374. The maximum atomic E-state index is 12.9. The molecule has 3 rings (SSSR count). The molecule has 2 N–H and O–H groups in total. The van der Waals surface area contributed by atoms with Crippen molar-refractivity contribution >= 4 is 17.3 Å². The summed E-state index contributed by atoms with van der Waals surface area (Å²) in [5.74, 6) is -1.65. The number of fused-ring (bicyclic) bond motifs is 2. The smallest absolute Gasteiger partial charge is 0.198 e. The van der Waals surface area contributed by atoms with E-state index < -0.39 is 11.6 Å². The van der Waals surface area contributed by atoms with Crippen LogP contribution in [0.5, 0.6) is 11.5 Å². The van der Waals surface area contributed by atoms with Crippen LogP contribution in [0, 0.1) is 0 Å². The Hall–Kier alpha value is -2.86. The zero-order valence-corrected chi connectivity index (χ0v) is 15.5. The van der Waals surface area contributed by atoms with Gasteiger partial charge in [0.05, 0.1) is 17.7 Å². The summed E-state index contributed by atoms with van der Waals surface area (Å²) in [4.78, 5) is 31.4. The molecule has 0 fully saturated rings. The van der Waals surface area contributed by atoms with E-state index in [2.05, 4.69) is 0 Å². The molecule has 2 aromatic rings. The largest absolute Gasteiger partial charge is 0.507 e. The van der Waals surface area contributed by atoms with Crippen molar-refractivity contribution in [2.24, 2.45) is 0 Å². The van der Waals surface area contributed by atoms with Crippen molar-refractivity contribution in [3.63, 3.8) is 0 Å². The predicted molar refractivity (Wildman–Crippen MR) is 102 cm³/mol. The third-order valence-corrected chi connectivity index (χ3v) is 4.57. The molecule has 1 aliphatic rings. The van der Waals surface area contributed by atoms with Crippen molar-refractivity contribution in [1.29, 1.82) is 0 Å². The third kappa shape index (κ3) is 3.28. The minimum absolute atomic E-state index is 0.162. The average molecular weight is 369 g/mol. The molecule has 0 radical (unpaired) electrons. The van der Waals surface area contributed by atoms with Crippen LogP contribution in [0.3, 0.4) is 0 Å². The third-order valence-electron chi connectivity index (χ3n) is 4.57. The fourth-order valence-electron chi connectivity index (χ4n) is 3.21. The number of aromatic hydroxyl groups is 2. The lowest BCUT2D eigenvalue weighted by atomic mass is 9.82. The molecule has 2 aromatic carbocycles. The summed E-state index contributed by atoms with van der Waals surface area (Å²) in [6, 6.07) is 7.69. The number of hydrogen-bond donors (Lipinski definition) is 2. The lowest BCUT2D eigenvalue weighted by Gasteiger charge is -2.27. The second-order valence-corrected chi connectivity index (χ2v) is 6.51. The van der Waals surface area contributed by atoms with Crippen LogP contribution < -0.4 is 5.06 Å². The Morgan fingerprint density at radius 3 is 2.19 bits per heavy atom. The molecular weight excluding hydrogens is 346 g/mol. The van der Waals surface area contributed by atoms with Crippen LogP contribution in [0.15, 0.2) is 30.3 Å². The van der Waals surface area contributed by atoms with Gasteiger partial charge < -0.3 is 10.2 Å². The molecule has 0 bridgehead atoms. The van der Waals surface area contributed by atoms with E-state index in [0.717, 1.165) is 19.3 Å². The second-order valence-electron chi connectivity index (χ2n) is 6.51. The van der Waals surface area contributed by atoms with Gasteiger partial charge >= 0.3 is 0 Å². The van der Waals surface area contributed by atoms with Gasteiger partial charge in [-0.3, -0.25) is 19.5 Å². The SMILES string of the molecule is CCCCON(CCC)c1cc(O)c2c(c1O)C(=O)c1ccccc1C2=O. The fourth-order valence-corrected chi connectivity index (χ4v) is 3.21. The highest BCUT2D eigenvalue weighted by atomic mass is 16.7. The highest BCUT2D eigenvalue weighted by Crippen LogP contribution is 2.43. The van der Waals surface area contributed by atoms with Crippen molar-refractivity contribution < 1.29 is 24.6 Å². The molecule has 0 aliphatic heterocycles. The number of anilines is 1. The van der Waals surface area contributed by atoms with E-state index >= 15 is 0 Å². The first-order valence-corrected chi connectivity index (χ1v) is 9.19. The molecule has 1 aliphatic carbocycles. The van der Waals surface area contributed by atoms with Crippen LogP contribution in [0.1, 0.15) is 65.0 Å². The first-order valence-electron chi connectivity index (χ1n) is 9.19. The normalized spacial score (nSPS) is 12.7. The molecule has 6 heteroatoms. The number of hydrogen-bond acceptors (Lipinski definition) is 6. The maximum absolute atomic E-state index is 12.9. The number of unbranched alkanes of at least 4 members (excludes halogenated alkanes) is 1. The summed E-state index contributed by atoms with van der Waals surface area (Å²) in [7, 11) is 0. The lowest BCUT2D eigenvalue weighted by Crippen LogP contribution is -2.27. The Labute approximate surface area is 158 Å². The fraction of sp³-hybridized carbons (Fsp3) is 0.333. The average Bonchev–Trinajstić information content (AvgIpc) is 2.67. The van der Waals surface area contributed by atoms with Crippen LogP contribution in [0.4, 0.5) is 5.69 Å². The van der Waals surface area contributed by atoms with Gasteiger partial charge in [-0.25, -0.2) is 0 Å². The molecule has 0 heterocycles. The Morgan fingerprint density at radius 2 is 1.59 bits per heavy atom. The first-order chi connectivity index (χ1) is 13.0. The van der Waals surface area contributed by atoms with Crippen molar-refractivity contribution in [2.75, 3.05) is 18.2 Å². The Morgan fingerprint density at radius 1 is 0.963 bits per heavy atom. The van der Waals surface area contributed by atoms with Gasteiger partial charge in [0.15, 0.2) is 17.3 Å². The highest BCUT2D eigenvalue weighted by molar-refractivity contribution is 6.30. The Balaban J connectivity index is 2.12. The van der Waals surface area contributed by atoms with Crippen LogP contribution >= 0.6 is 0 Å². The van der Waals surface area contributed by atoms with Crippen LogP contribution in [-0.2, 0) is 4.84 Å². The Kier molecular flexibility index (Phi) is 5.46. The van der Waals surface area contributed by atoms with Gasteiger partial charge in [-0.05, 0) is 12.8 Å². The monoisotopic (exact) mass is 369 g/mol. The number of nitrogens with zero attached hydrogens (tertiary/aromatic N) is 1. The predicted octanol–water partition coefficient (Wildman–Crippen LogP) is 3.82. The van der Waals surface area contributed by atoms with Crippen LogP contribution in [0.2, 0.25) is 0 Å². The lowest BCUT2D eigenvalue weighted by molar-refractivity contribution is 0.0968. The molecular formula is C21H23NO5. The van der Waals surface area contributed by atoms with Gasteiger partial charge in [-0.2, -0.15) is 0 Å². The number of carbonyl (C=O) groups is 2. The standard InChI is InChI=1S/C21H23NO5/c1-3-5-11-27-22(10-4-2)15-12-16(23)17-18(21(15)26)20(25)14-9-7-6-8-13(14)19(17)24/h6-9,12,23,26H,3-5,10-11H2,1-2H3. The minimum Gasteiger partial charge on any atom is -0.507 e. The molecule has 142 valence electrons. The molecule has 27 heavy (non-hydrogen) atoms. The summed E-state index contributed by atoms with van der Waals surface area (Å²) in [6.07, 6.45) is 2.52. The molecule has 0 saturated carbocycles. The topological polar surface area (TPSA) is 87.1 Å². The molecule has 0 saturated heterocycles. The number of carbonyl (C=O) groups excluding carboxylic acids is 2. The zero-order valence-electron chi connectivity index (χ0n) is 15.5. The molecule has 0 unspecified atom stereocenters. The van der Waals surface area contributed by atoms with E-state index in [9.17, 15) is 19.8 Å². The number of rotatable bonds is 7. The number of benzene rings is 2. The summed E-state index contributed by atoms with van der Waals surface area (Å²) in [6.45, 7) is 4.91. The molecule has 6 nitrogen and oxygen atoms in total. The van der Waals surface area contributed by atoms with E-state index in [1.54, 1.807) is 24.3 Å². The van der Waals surface area contributed by atoms with Gasteiger partial charge in [0.2, 0.25) is 0 Å². The molecule has 0 amide bonds. The van der Waals surface area contributed by atoms with Crippen LogP contribution in [-0.4, -0.2) is 34.9 Å². The summed E-state index contributed by atoms with van der Waals surface area (Å²) in [5.41, 5.74) is 0.293. The van der Waals surface area contributed by atoms with Gasteiger partial charge in [0, 0.05) is 23.7 Å². The number of ketones is 2. The van der Waals surface area contributed by atoms with E-state index in [0.29, 0.717) is 13.2 Å². The molecule has 0 atom stereocenters. The molecule has 0 aromatic heterocycles. The van der Waals surface area contributed by atoms with Gasteiger partial charge in [-0.1, -0.05) is 44.5 Å². The summed E-state index contributed by atoms with van der Waals surface area (Å²) in [5, 5.41) is 22.8. The number of phenols is 2. The summed E-state index contributed by atoms with van der Waals surface area (Å²) >= 11 is 0. The summed E-state index contributed by atoms with van der Waals surface area (Å²) < 4.78 is 0. The van der Waals surface area contributed by atoms with E-state index in [1.165, 1.54) is 11.1 Å². The minimum atomic E-state index is -0.486. The number of hydroxylamine groups is 1. The van der Waals surface area contributed by atoms with E-state index in [1.807, 2.05) is 13.8 Å². The molecule has 0 spiro atoms. The van der Waals surface area contributed by atoms with Crippen molar-refractivity contribution in [3.8, 4) is 11.5 Å². The van der Waals surface area contributed by atoms with Gasteiger partial charge in [0.25, 0.3) is 0 Å². The van der Waals surface area contributed by atoms with Crippen molar-refractivity contribution in [3.05, 3.63) is 52.6 Å². The maximum Gasteiger partial charge on any atom is 0.198 e. The first kappa shape index (κ1) is 18.9.